The third-order valence-electron chi connectivity index (χ3n) is 3.95. The van der Waals surface area contributed by atoms with Gasteiger partial charge in [0.15, 0.2) is 5.13 Å². The number of hydrogen-bond acceptors (Lipinski definition) is 3. The molecule has 2 aromatic rings. The van der Waals surface area contributed by atoms with Crippen molar-refractivity contribution in [2.45, 2.75) is 32.6 Å². The van der Waals surface area contributed by atoms with E-state index in [1.165, 1.54) is 25.7 Å². The van der Waals surface area contributed by atoms with E-state index in [1.807, 2.05) is 18.2 Å². The van der Waals surface area contributed by atoms with Crippen molar-refractivity contribution < 1.29 is 0 Å². The summed E-state index contributed by atoms with van der Waals surface area (Å²) in [6, 6.07) is 5.90. The van der Waals surface area contributed by atoms with Crippen LogP contribution in [0, 0.1) is 11.8 Å². The van der Waals surface area contributed by atoms with E-state index < -0.39 is 0 Å². The molecule has 1 saturated carbocycles. The van der Waals surface area contributed by atoms with Crippen molar-refractivity contribution in [2.24, 2.45) is 11.8 Å². The predicted molar refractivity (Wildman–Crippen MR) is 84.2 cm³/mol. The number of rotatable bonds is 3. The molecule has 2 unspecified atom stereocenters. The lowest BCUT2D eigenvalue weighted by atomic mass is 9.82. The molecule has 102 valence electrons. The number of anilines is 1. The van der Waals surface area contributed by atoms with Gasteiger partial charge in [0.25, 0.3) is 0 Å². The van der Waals surface area contributed by atoms with Crippen LogP contribution in [0.2, 0.25) is 5.02 Å². The minimum absolute atomic E-state index is 0.797. The Kier molecular flexibility index (Phi) is 3.94. The van der Waals surface area contributed by atoms with E-state index >= 15 is 0 Å². The first-order valence-corrected chi connectivity index (χ1v) is 8.21. The van der Waals surface area contributed by atoms with E-state index in [1.54, 1.807) is 11.3 Å². The Bertz CT molecular complexity index is 566. The van der Waals surface area contributed by atoms with Gasteiger partial charge in [-0.3, -0.25) is 0 Å². The molecule has 0 spiro atoms. The fourth-order valence-electron chi connectivity index (χ4n) is 2.97. The molecule has 19 heavy (non-hydrogen) atoms. The van der Waals surface area contributed by atoms with Crippen LogP contribution in [-0.4, -0.2) is 11.5 Å². The Hall–Kier alpha value is -0.800. The van der Waals surface area contributed by atoms with Crippen LogP contribution in [-0.2, 0) is 0 Å². The SMILES string of the molecule is CC1CCCC(CNc2nc3cccc(Cl)c3s2)C1. The number of thiazole rings is 1. The zero-order valence-corrected chi connectivity index (χ0v) is 12.7. The minimum Gasteiger partial charge on any atom is -0.361 e. The van der Waals surface area contributed by atoms with Gasteiger partial charge in [0.05, 0.1) is 15.2 Å². The van der Waals surface area contributed by atoms with Crippen LogP contribution in [0.25, 0.3) is 10.2 Å². The van der Waals surface area contributed by atoms with Gasteiger partial charge >= 0.3 is 0 Å². The van der Waals surface area contributed by atoms with E-state index in [-0.39, 0.29) is 0 Å². The van der Waals surface area contributed by atoms with Gasteiger partial charge < -0.3 is 5.32 Å². The third-order valence-corrected chi connectivity index (χ3v) is 5.44. The van der Waals surface area contributed by atoms with Crippen molar-refractivity contribution in [2.75, 3.05) is 11.9 Å². The Morgan fingerprint density at radius 2 is 2.32 bits per heavy atom. The summed E-state index contributed by atoms with van der Waals surface area (Å²) in [5.41, 5.74) is 0.997. The van der Waals surface area contributed by atoms with Gasteiger partial charge in [0, 0.05) is 6.54 Å². The van der Waals surface area contributed by atoms with Gasteiger partial charge in [-0.15, -0.1) is 0 Å². The normalized spacial score (nSPS) is 23.7. The molecule has 3 rings (SSSR count). The zero-order valence-electron chi connectivity index (χ0n) is 11.2. The molecule has 1 aromatic heterocycles. The second-order valence-corrected chi connectivity index (χ2v) is 7.03. The van der Waals surface area contributed by atoms with Crippen LogP contribution in [0.15, 0.2) is 18.2 Å². The summed E-state index contributed by atoms with van der Waals surface area (Å²) in [5, 5.41) is 5.30. The smallest absolute Gasteiger partial charge is 0.183 e. The molecule has 0 amide bonds. The van der Waals surface area contributed by atoms with Crippen LogP contribution in [0.5, 0.6) is 0 Å². The van der Waals surface area contributed by atoms with Crippen LogP contribution in [0.1, 0.15) is 32.6 Å². The number of hydrogen-bond donors (Lipinski definition) is 1. The van der Waals surface area contributed by atoms with E-state index in [4.69, 9.17) is 11.6 Å². The standard InChI is InChI=1S/C15H19ClN2S/c1-10-4-2-5-11(8-10)9-17-15-18-13-7-3-6-12(16)14(13)19-15/h3,6-7,10-11H,2,4-5,8-9H2,1H3,(H,17,18). The van der Waals surface area contributed by atoms with Gasteiger partial charge in [0.1, 0.15) is 0 Å². The highest BCUT2D eigenvalue weighted by Gasteiger charge is 2.19. The number of nitrogens with one attached hydrogen (secondary N) is 1. The van der Waals surface area contributed by atoms with Gasteiger partial charge in [-0.05, 0) is 36.8 Å². The molecule has 1 fully saturated rings. The first kappa shape index (κ1) is 13.2. The van der Waals surface area contributed by atoms with Gasteiger partial charge in [-0.1, -0.05) is 48.8 Å². The fraction of sp³-hybridized carbons (Fsp3) is 0.533. The summed E-state index contributed by atoms with van der Waals surface area (Å²) in [5.74, 6) is 1.68. The molecule has 2 nitrogen and oxygen atoms in total. The van der Waals surface area contributed by atoms with E-state index in [0.29, 0.717) is 0 Å². The maximum atomic E-state index is 6.18. The van der Waals surface area contributed by atoms with Crippen molar-refractivity contribution >= 4 is 38.3 Å². The monoisotopic (exact) mass is 294 g/mol. The van der Waals surface area contributed by atoms with Crippen LogP contribution in [0.3, 0.4) is 0 Å². The average Bonchev–Trinajstić information content (AvgIpc) is 2.81. The molecule has 0 aliphatic heterocycles. The second-order valence-electron chi connectivity index (χ2n) is 5.63. The molecule has 1 aliphatic carbocycles. The second kappa shape index (κ2) is 5.68. The molecule has 2 atom stereocenters. The van der Waals surface area contributed by atoms with Crippen molar-refractivity contribution in [1.82, 2.24) is 4.98 Å². The van der Waals surface area contributed by atoms with E-state index in [9.17, 15) is 0 Å². The molecule has 0 radical (unpaired) electrons. The van der Waals surface area contributed by atoms with Gasteiger partial charge in [-0.25, -0.2) is 4.98 Å². The third kappa shape index (κ3) is 3.03. The topological polar surface area (TPSA) is 24.9 Å². The molecule has 0 bridgehead atoms. The molecule has 1 aliphatic rings. The van der Waals surface area contributed by atoms with Crippen LogP contribution >= 0.6 is 22.9 Å². The van der Waals surface area contributed by atoms with Gasteiger partial charge in [-0.2, -0.15) is 0 Å². The van der Waals surface area contributed by atoms with Crippen molar-refractivity contribution in [1.29, 1.82) is 0 Å². The first-order valence-electron chi connectivity index (χ1n) is 7.01. The lowest BCUT2D eigenvalue weighted by Gasteiger charge is -2.26. The first-order chi connectivity index (χ1) is 9.22. The largest absolute Gasteiger partial charge is 0.361 e. The maximum Gasteiger partial charge on any atom is 0.183 e. The van der Waals surface area contributed by atoms with Crippen molar-refractivity contribution in [3.05, 3.63) is 23.2 Å². The number of fused-ring (bicyclic) bond motifs is 1. The number of benzene rings is 1. The summed E-state index contributed by atoms with van der Waals surface area (Å²) < 4.78 is 1.09. The van der Waals surface area contributed by atoms with Crippen LogP contribution in [0.4, 0.5) is 5.13 Å². The average molecular weight is 295 g/mol. The Labute approximate surface area is 123 Å². The molecule has 4 heteroatoms. The minimum atomic E-state index is 0.797. The maximum absolute atomic E-state index is 6.18. The van der Waals surface area contributed by atoms with Crippen molar-refractivity contribution in [3.63, 3.8) is 0 Å². The highest BCUT2D eigenvalue weighted by atomic mass is 35.5. The molecule has 0 saturated heterocycles. The number of halogens is 1. The molecular weight excluding hydrogens is 276 g/mol. The summed E-state index contributed by atoms with van der Waals surface area (Å²) in [6.07, 6.45) is 5.47. The Morgan fingerprint density at radius 1 is 1.42 bits per heavy atom. The quantitative estimate of drug-likeness (QED) is 0.843. The summed E-state index contributed by atoms with van der Waals surface area (Å²) in [6.45, 7) is 3.41. The Morgan fingerprint density at radius 3 is 3.11 bits per heavy atom. The van der Waals surface area contributed by atoms with Gasteiger partial charge in [0.2, 0.25) is 0 Å². The summed E-state index contributed by atoms with van der Waals surface area (Å²) in [7, 11) is 0. The molecular formula is C15H19ClN2S. The summed E-state index contributed by atoms with van der Waals surface area (Å²) in [4.78, 5) is 4.60. The van der Waals surface area contributed by atoms with Crippen molar-refractivity contribution in [3.8, 4) is 0 Å². The lowest BCUT2D eigenvalue weighted by molar-refractivity contribution is 0.293. The fourth-order valence-corrected chi connectivity index (χ4v) is 4.13. The highest BCUT2D eigenvalue weighted by Crippen LogP contribution is 2.33. The van der Waals surface area contributed by atoms with E-state index in [2.05, 4.69) is 17.2 Å². The molecule has 1 aromatic carbocycles. The Balaban J connectivity index is 1.66. The predicted octanol–water partition coefficient (Wildman–Crippen LogP) is 5.19. The number of nitrogens with zero attached hydrogens (tertiary/aromatic N) is 1. The summed E-state index contributed by atoms with van der Waals surface area (Å²) >= 11 is 7.84. The zero-order chi connectivity index (χ0) is 13.2. The number of aromatic nitrogens is 1. The lowest BCUT2D eigenvalue weighted by Crippen LogP contribution is -2.20. The van der Waals surface area contributed by atoms with E-state index in [0.717, 1.165) is 38.8 Å². The molecule has 1 N–H and O–H groups in total. The molecule has 1 heterocycles. The van der Waals surface area contributed by atoms with Crippen LogP contribution < -0.4 is 5.32 Å². The highest BCUT2D eigenvalue weighted by molar-refractivity contribution is 7.22.